The number of nitrogens with one attached hydrogen (secondary N) is 2. The monoisotopic (exact) mass is 262 g/mol. The summed E-state index contributed by atoms with van der Waals surface area (Å²) >= 11 is 0. The summed E-state index contributed by atoms with van der Waals surface area (Å²) in [6, 6.07) is 7.48. The quantitative estimate of drug-likeness (QED) is 0.782. The van der Waals surface area contributed by atoms with Gasteiger partial charge in [0, 0.05) is 31.2 Å². The standard InChI is InChI=1S/C14H18N2O3/c1-18-8-4-7-15-14(17)12-9-10-11(16-12)5-3-6-13(10)19-2/h3,5-6,9,16H,4,7-8H2,1-2H3,(H,15,17). The third-order valence-electron chi connectivity index (χ3n) is 2.90. The van der Waals surface area contributed by atoms with E-state index in [9.17, 15) is 4.79 Å². The molecule has 2 rings (SSSR count). The fourth-order valence-electron chi connectivity index (χ4n) is 1.94. The number of methoxy groups -OCH3 is 2. The summed E-state index contributed by atoms with van der Waals surface area (Å²) in [5, 5.41) is 3.75. The van der Waals surface area contributed by atoms with Crippen LogP contribution in [-0.4, -0.2) is 38.3 Å². The van der Waals surface area contributed by atoms with Gasteiger partial charge in [-0.15, -0.1) is 0 Å². The predicted molar refractivity (Wildman–Crippen MR) is 73.7 cm³/mol. The summed E-state index contributed by atoms with van der Waals surface area (Å²) in [7, 11) is 3.26. The van der Waals surface area contributed by atoms with Crippen LogP contribution < -0.4 is 10.1 Å². The van der Waals surface area contributed by atoms with Gasteiger partial charge in [-0.2, -0.15) is 0 Å². The molecule has 102 valence electrons. The molecule has 5 nitrogen and oxygen atoms in total. The Bertz CT molecular complexity index is 563. The molecule has 2 N–H and O–H groups in total. The van der Waals surface area contributed by atoms with E-state index in [1.165, 1.54) is 0 Å². The number of aromatic amines is 1. The molecule has 0 aliphatic heterocycles. The molecule has 1 aromatic heterocycles. The Labute approximate surface area is 111 Å². The highest BCUT2D eigenvalue weighted by molar-refractivity contribution is 5.99. The smallest absolute Gasteiger partial charge is 0.267 e. The Hall–Kier alpha value is -2.01. The summed E-state index contributed by atoms with van der Waals surface area (Å²) in [6.45, 7) is 1.24. The Morgan fingerprint density at radius 3 is 2.95 bits per heavy atom. The first kappa shape index (κ1) is 13.4. The van der Waals surface area contributed by atoms with Gasteiger partial charge in [0.25, 0.3) is 5.91 Å². The highest BCUT2D eigenvalue weighted by Crippen LogP contribution is 2.25. The minimum absolute atomic E-state index is 0.116. The zero-order valence-electron chi connectivity index (χ0n) is 11.2. The van der Waals surface area contributed by atoms with Crippen LogP contribution in [0.3, 0.4) is 0 Å². The molecule has 5 heteroatoms. The molecule has 0 fully saturated rings. The average Bonchev–Trinajstić information content (AvgIpc) is 2.87. The highest BCUT2D eigenvalue weighted by atomic mass is 16.5. The Balaban J connectivity index is 2.10. The van der Waals surface area contributed by atoms with E-state index < -0.39 is 0 Å². The number of aromatic nitrogens is 1. The number of amides is 1. The van der Waals surface area contributed by atoms with Gasteiger partial charge in [0.15, 0.2) is 0 Å². The second-order valence-corrected chi connectivity index (χ2v) is 4.21. The SMILES string of the molecule is COCCCNC(=O)c1cc2c(OC)cccc2[nH]1. The maximum absolute atomic E-state index is 12.0. The molecular weight excluding hydrogens is 244 g/mol. The van der Waals surface area contributed by atoms with Gasteiger partial charge in [-0.05, 0) is 24.6 Å². The third-order valence-corrected chi connectivity index (χ3v) is 2.90. The largest absolute Gasteiger partial charge is 0.496 e. The van der Waals surface area contributed by atoms with Crippen LogP contribution >= 0.6 is 0 Å². The van der Waals surface area contributed by atoms with Crippen LogP contribution in [0.5, 0.6) is 5.75 Å². The Morgan fingerprint density at radius 1 is 1.37 bits per heavy atom. The van der Waals surface area contributed by atoms with E-state index in [0.29, 0.717) is 18.8 Å². The van der Waals surface area contributed by atoms with E-state index in [1.807, 2.05) is 18.2 Å². The molecule has 0 spiro atoms. The van der Waals surface area contributed by atoms with Gasteiger partial charge in [0.05, 0.1) is 7.11 Å². The van der Waals surface area contributed by atoms with Crippen LogP contribution in [0.1, 0.15) is 16.9 Å². The number of fused-ring (bicyclic) bond motifs is 1. The molecule has 0 saturated heterocycles. The zero-order valence-corrected chi connectivity index (χ0v) is 11.2. The maximum Gasteiger partial charge on any atom is 0.267 e. The molecule has 0 aliphatic carbocycles. The number of H-pyrrole nitrogens is 1. The highest BCUT2D eigenvalue weighted by Gasteiger charge is 2.11. The molecule has 1 amide bonds. The van der Waals surface area contributed by atoms with E-state index in [2.05, 4.69) is 10.3 Å². The summed E-state index contributed by atoms with van der Waals surface area (Å²) in [5.74, 6) is 0.640. The lowest BCUT2D eigenvalue weighted by Gasteiger charge is -2.02. The Kier molecular flexibility index (Phi) is 4.41. The minimum atomic E-state index is -0.116. The number of hydrogen-bond donors (Lipinski definition) is 2. The number of rotatable bonds is 6. The lowest BCUT2D eigenvalue weighted by Crippen LogP contribution is -2.25. The lowest BCUT2D eigenvalue weighted by molar-refractivity contribution is 0.0944. The lowest BCUT2D eigenvalue weighted by atomic mass is 10.2. The van der Waals surface area contributed by atoms with Gasteiger partial charge >= 0.3 is 0 Å². The molecule has 0 unspecified atom stereocenters. The van der Waals surface area contributed by atoms with Crippen molar-refractivity contribution in [3.63, 3.8) is 0 Å². The van der Waals surface area contributed by atoms with Crippen molar-refractivity contribution in [1.82, 2.24) is 10.3 Å². The molecule has 1 heterocycles. The van der Waals surface area contributed by atoms with Gasteiger partial charge in [-0.1, -0.05) is 6.07 Å². The van der Waals surface area contributed by atoms with Crippen molar-refractivity contribution < 1.29 is 14.3 Å². The first-order chi connectivity index (χ1) is 9.26. The van der Waals surface area contributed by atoms with Crippen LogP contribution in [0.15, 0.2) is 24.3 Å². The van der Waals surface area contributed by atoms with Crippen molar-refractivity contribution in [1.29, 1.82) is 0 Å². The van der Waals surface area contributed by atoms with Crippen LogP contribution in [0, 0.1) is 0 Å². The Morgan fingerprint density at radius 2 is 2.21 bits per heavy atom. The van der Waals surface area contributed by atoms with E-state index in [4.69, 9.17) is 9.47 Å². The summed E-state index contributed by atoms with van der Waals surface area (Å²) < 4.78 is 10.2. The molecule has 0 saturated carbocycles. The number of carbonyl (C=O) groups excluding carboxylic acids is 1. The van der Waals surface area contributed by atoms with E-state index in [-0.39, 0.29) is 5.91 Å². The van der Waals surface area contributed by atoms with E-state index in [0.717, 1.165) is 23.1 Å². The van der Waals surface area contributed by atoms with E-state index >= 15 is 0 Å². The van der Waals surface area contributed by atoms with Crippen molar-refractivity contribution in [3.05, 3.63) is 30.0 Å². The number of benzene rings is 1. The first-order valence-corrected chi connectivity index (χ1v) is 6.19. The third kappa shape index (κ3) is 3.06. The van der Waals surface area contributed by atoms with E-state index in [1.54, 1.807) is 20.3 Å². The molecule has 0 atom stereocenters. The number of carbonyl (C=O) groups is 1. The second-order valence-electron chi connectivity index (χ2n) is 4.21. The van der Waals surface area contributed by atoms with Crippen molar-refractivity contribution in [2.75, 3.05) is 27.4 Å². The number of ether oxygens (including phenoxy) is 2. The van der Waals surface area contributed by atoms with Crippen molar-refractivity contribution in [2.45, 2.75) is 6.42 Å². The fourth-order valence-corrected chi connectivity index (χ4v) is 1.94. The molecule has 2 aromatic rings. The fraction of sp³-hybridized carbons (Fsp3) is 0.357. The normalized spacial score (nSPS) is 10.6. The molecular formula is C14H18N2O3. The van der Waals surface area contributed by atoms with Crippen molar-refractivity contribution >= 4 is 16.8 Å². The van der Waals surface area contributed by atoms with Crippen molar-refractivity contribution in [3.8, 4) is 5.75 Å². The van der Waals surface area contributed by atoms with Crippen molar-refractivity contribution in [2.24, 2.45) is 0 Å². The van der Waals surface area contributed by atoms with Crippen LogP contribution in [-0.2, 0) is 4.74 Å². The van der Waals surface area contributed by atoms with Gasteiger partial charge in [-0.25, -0.2) is 0 Å². The molecule has 0 aliphatic rings. The predicted octanol–water partition coefficient (Wildman–Crippen LogP) is 1.94. The first-order valence-electron chi connectivity index (χ1n) is 6.19. The molecule has 1 aromatic carbocycles. The zero-order chi connectivity index (χ0) is 13.7. The summed E-state index contributed by atoms with van der Waals surface area (Å²) in [4.78, 5) is 15.0. The van der Waals surface area contributed by atoms with Gasteiger partial charge in [0.1, 0.15) is 11.4 Å². The molecule has 19 heavy (non-hydrogen) atoms. The summed E-state index contributed by atoms with van der Waals surface area (Å²) in [5.41, 5.74) is 1.43. The number of hydrogen-bond acceptors (Lipinski definition) is 3. The molecule has 0 bridgehead atoms. The van der Waals surface area contributed by atoms with Crippen LogP contribution in [0.25, 0.3) is 10.9 Å². The van der Waals surface area contributed by atoms with Crippen LogP contribution in [0.4, 0.5) is 0 Å². The van der Waals surface area contributed by atoms with Gasteiger partial charge in [-0.3, -0.25) is 4.79 Å². The van der Waals surface area contributed by atoms with Gasteiger partial charge in [0.2, 0.25) is 0 Å². The second kappa shape index (κ2) is 6.24. The van der Waals surface area contributed by atoms with Gasteiger partial charge < -0.3 is 19.8 Å². The summed E-state index contributed by atoms with van der Waals surface area (Å²) in [6.07, 6.45) is 0.797. The maximum atomic E-state index is 12.0. The average molecular weight is 262 g/mol. The topological polar surface area (TPSA) is 63.4 Å². The minimum Gasteiger partial charge on any atom is -0.496 e. The molecule has 0 radical (unpaired) electrons. The van der Waals surface area contributed by atoms with Crippen LogP contribution in [0.2, 0.25) is 0 Å².